The summed E-state index contributed by atoms with van der Waals surface area (Å²) in [6.45, 7) is 2.33. The normalized spacial score (nSPS) is 16.4. The number of piperidine rings is 1. The lowest BCUT2D eigenvalue weighted by atomic mass is 9.89. The molecule has 0 atom stereocenters. The Morgan fingerprint density at radius 3 is 2.30 bits per heavy atom. The predicted octanol–water partition coefficient (Wildman–Crippen LogP) is 4.77. The van der Waals surface area contributed by atoms with Crippen molar-refractivity contribution >= 4 is 38.9 Å². The van der Waals surface area contributed by atoms with E-state index in [9.17, 15) is 8.42 Å². The second kappa shape index (κ2) is 8.39. The van der Waals surface area contributed by atoms with Gasteiger partial charge in [0, 0.05) is 0 Å². The lowest BCUT2D eigenvalue weighted by molar-refractivity contribution is 0.255. The summed E-state index contributed by atoms with van der Waals surface area (Å²) in [5.41, 5.74) is 2.57. The Hall–Kier alpha value is -1.27. The first-order valence-corrected chi connectivity index (χ1v) is 11.5. The molecule has 0 aromatic heterocycles. The van der Waals surface area contributed by atoms with Gasteiger partial charge in [0.2, 0.25) is 10.0 Å². The van der Waals surface area contributed by atoms with Crippen molar-refractivity contribution in [2.75, 3.05) is 30.7 Å². The van der Waals surface area contributed by atoms with Crippen molar-refractivity contribution in [2.24, 2.45) is 0 Å². The molecule has 0 bridgehead atoms. The Bertz CT molecular complexity index is 893. The van der Waals surface area contributed by atoms with E-state index in [0.29, 0.717) is 27.2 Å². The minimum atomic E-state index is -3.47. The Balaban J connectivity index is 1.84. The molecular weight excluding hydrogens is 403 g/mol. The van der Waals surface area contributed by atoms with Crippen molar-refractivity contribution < 1.29 is 8.42 Å². The molecule has 2 aromatic rings. The third-order valence-corrected chi connectivity index (χ3v) is 7.12. The van der Waals surface area contributed by atoms with Crippen molar-refractivity contribution in [2.45, 2.75) is 25.3 Å². The Labute approximate surface area is 171 Å². The minimum Gasteiger partial charge on any atom is -0.306 e. The average molecular weight is 427 g/mol. The second-order valence-electron chi connectivity index (χ2n) is 7.15. The van der Waals surface area contributed by atoms with Crippen LogP contribution in [0.3, 0.4) is 0 Å². The summed E-state index contributed by atoms with van der Waals surface area (Å²) in [6.07, 6.45) is 3.46. The van der Waals surface area contributed by atoms with Gasteiger partial charge in [-0.3, -0.25) is 4.31 Å². The van der Waals surface area contributed by atoms with Gasteiger partial charge in [-0.05, 0) is 68.2 Å². The molecule has 0 N–H and O–H groups in total. The number of hydrogen-bond acceptors (Lipinski definition) is 3. The zero-order valence-electron chi connectivity index (χ0n) is 15.5. The molecule has 3 rings (SSSR count). The van der Waals surface area contributed by atoms with Crippen molar-refractivity contribution in [1.29, 1.82) is 0 Å². The quantitative estimate of drug-likeness (QED) is 0.690. The number of benzene rings is 2. The van der Waals surface area contributed by atoms with E-state index in [0.717, 1.165) is 25.9 Å². The fraction of sp³-hybridized carbons (Fsp3) is 0.400. The minimum absolute atomic E-state index is 0.145. The van der Waals surface area contributed by atoms with Crippen LogP contribution in [0.4, 0.5) is 5.69 Å². The molecule has 0 amide bonds. The number of hydrogen-bond donors (Lipinski definition) is 0. The molecular formula is C20H24Cl2N2O2S. The Kier molecular flexibility index (Phi) is 6.36. The van der Waals surface area contributed by atoms with Crippen LogP contribution in [0.25, 0.3) is 0 Å². The van der Waals surface area contributed by atoms with E-state index < -0.39 is 10.0 Å². The molecule has 0 aliphatic carbocycles. The zero-order chi connectivity index (χ0) is 19.6. The van der Waals surface area contributed by atoms with Crippen molar-refractivity contribution in [3.8, 4) is 0 Å². The number of nitrogens with zero attached hydrogens (tertiary/aromatic N) is 2. The lowest BCUT2D eigenvalue weighted by Crippen LogP contribution is -2.30. The summed E-state index contributed by atoms with van der Waals surface area (Å²) in [4.78, 5) is 2.34. The molecule has 1 aliphatic heterocycles. The molecule has 0 saturated carbocycles. The van der Waals surface area contributed by atoms with E-state index in [1.165, 1.54) is 16.1 Å². The topological polar surface area (TPSA) is 40.6 Å². The number of sulfonamides is 1. The summed E-state index contributed by atoms with van der Waals surface area (Å²) >= 11 is 12.3. The largest absolute Gasteiger partial charge is 0.306 e. The first-order chi connectivity index (χ1) is 12.8. The van der Waals surface area contributed by atoms with E-state index >= 15 is 0 Å². The molecule has 1 fully saturated rings. The van der Waals surface area contributed by atoms with Gasteiger partial charge in [-0.2, -0.15) is 0 Å². The molecule has 27 heavy (non-hydrogen) atoms. The van der Waals surface area contributed by atoms with Crippen LogP contribution in [-0.2, 0) is 16.6 Å². The first kappa shape index (κ1) is 20.5. The number of anilines is 1. The summed E-state index contributed by atoms with van der Waals surface area (Å²) < 4.78 is 26.2. The van der Waals surface area contributed by atoms with Crippen LogP contribution in [0.2, 0.25) is 10.0 Å². The second-order valence-corrected chi connectivity index (χ2v) is 9.84. The van der Waals surface area contributed by atoms with Gasteiger partial charge in [0.15, 0.2) is 0 Å². The molecule has 1 heterocycles. The van der Waals surface area contributed by atoms with Gasteiger partial charge >= 0.3 is 0 Å². The SMILES string of the molecule is CN1CCC(c2ccc(N(Cc3cccc(Cl)c3Cl)S(C)(=O)=O)cc2)CC1. The average Bonchev–Trinajstić information content (AvgIpc) is 2.63. The summed E-state index contributed by atoms with van der Waals surface area (Å²) in [7, 11) is -1.32. The number of halogens is 2. The van der Waals surface area contributed by atoms with Crippen molar-refractivity contribution in [3.63, 3.8) is 0 Å². The lowest BCUT2D eigenvalue weighted by Gasteiger charge is -2.29. The highest BCUT2D eigenvalue weighted by Crippen LogP contribution is 2.32. The molecule has 0 spiro atoms. The van der Waals surface area contributed by atoms with E-state index in [-0.39, 0.29) is 6.54 Å². The molecule has 146 valence electrons. The van der Waals surface area contributed by atoms with Crippen LogP contribution in [0.15, 0.2) is 42.5 Å². The highest BCUT2D eigenvalue weighted by atomic mass is 35.5. The number of rotatable bonds is 5. The van der Waals surface area contributed by atoms with Crippen LogP contribution in [0.5, 0.6) is 0 Å². The zero-order valence-corrected chi connectivity index (χ0v) is 17.9. The maximum absolute atomic E-state index is 12.4. The van der Waals surface area contributed by atoms with Crippen molar-refractivity contribution in [3.05, 3.63) is 63.6 Å². The monoisotopic (exact) mass is 426 g/mol. The van der Waals surface area contributed by atoms with Gasteiger partial charge in [0.1, 0.15) is 0 Å². The first-order valence-electron chi connectivity index (χ1n) is 8.95. The molecule has 1 saturated heterocycles. The van der Waals surface area contributed by atoms with Gasteiger partial charge in [0.05, 0.1) is 28.5 Å². The van der Waals surface area contributed by atoms with Gasteiger partial charge < -0.3 is 4.90 Å². The molecule has 7 heteroatoms. The van der Waals surface area contributed by atoms with Gasteiger partial charge in [-0.1, -0.05) is 47.5 Å². The standard InChI is InChI=1S/C20H24Cl2N2O2S/c1-23-12-10-16(11-13-23)15-6-8-18(9-7-15)24(27(2,25)26)14-17-4-3-5-19(21)20(17)22/h3-9,16H,10-14H2,1-2H3. The van der Waals surface area contributed by atoms with Gasteiger partial charge in [-0.15, -0.1) is 0 Å². The maximum Gasteiger partial charge on any atom is 0.232 e. The van der Waals surface area contributed by atoms with Crippen LogP contribution in [0, 0.1) is 0 Å². The summed E-state index contributed by atoms with van der Waals surface area (Å²) in [5.74, 6) is 0.532. The van der Waals surface area contributed by atoms with Crippen molar-refractivity contribution in [1.82, 2.24) is 4.90 Å². The maximum atomic E-state index is 12.4. The van der Waals surface area contributed by atoms with Crippen LogP contribution < -0.4 is 4.31 Å². The smallest absolute Gasteiger partial charge is 0.232 e. The summed E-state index contributed by atoms with van der Waals surface area (Å²) in [6, 6.07) is 13.1. The van der Waals surface area contributed by atoms with Gasteiger partial charge in [-0.25, -0.2) is 8.42 Å². The van der Waals surface area contributed by atoms with Crippen LogP contribution >= 0.6 is 23.2 Å². The summed E-state index contributed by atoms with van der Waals surface area (Å²) in [5, 5.41) is 0.802. The Morgan fingerprint density at radius 2 is 1.70 bits per heavy atom. The van der Waals surface area contributed by atoms with E-state index in [2.05, 4.69) is 11.9 Å². The molecule has 1 aliphatic rings. The number of likely N-dealkylation sites (tertiary alicyclic amines) is 1. The molecule has 2 aromatic carbocycles. The van der Waals surface area contributed by atoms with Crippen LogP contribution in [0.1, 0.15) is 29.9 Å². The molecule has 4 nitrogen and oxygen atoms in total. The fourth-order valence-electron chi connectivity index (χ4n) is 3.48. The van der Waals surface area contributed by atoms with Gasteiger partial charge in [0.25, 0.3) is 0 Å². The predicted molar refractivity (Wildman–Crippen MR) is 113 cm³/mol. The van der Waals surface area contributed by atoms with Crippen LogP contribution in [-0.4, -0.2) is 39.7 Å². The van der Waals surface area contributed by atoms with E-state index in [1.54, 1.807) is 18.2 Å². The fourth-order valence-corrected chi connectivity index (χ4v) is 4.74. The highest BCUT2D eigenvalue weighted by Gasteiger charge is 2.22. The molecule has 0 unspecified atom stereocenters. The molecule has 0 radical (unpaired) electrons. The Morgan fingerprint density at radius 1 is 1.07 bits per heavy atom. The highest BCUT2D eigenvalue weighted by molar-refractivity contribution is 7.92. The third-order valence-electron chi connectivity index (χ3n) is 5.12. The van der Waals surface area contributed by atoms with E-state index in [4.69, 9.17) is 23.2 Å². The van der Waals surface area contributed by atoms with E-state index in [1.807, 2.05) is 24.3 Å². The third kappa shape index (κ3) is 4.96.